The third-order valence-electron chi connectivity index (χ3n) is 12.7. The zero-order valence-corrected chi connectivity index (χ0v) is 35.1. The van der Waals surface area contributed by atoms with Crippen LogP contribution in [0.25, 0.3) is 16.6 Å². The second kappa shape index (κ2) is 15.7. The van der Waals surface area contributed by atoms with E-state index >= 15 is 4.39 Å². The van der Waals surface area contributed by atoms with E-state index in [2.05, 4.69) is 29.9 Å². The van der Waals surface area contributed by atoms with Crippen LogP contribution in [0.2, 0.25) is 0 Å². The fourth-order valence-corrected chi connectivity index (χ4v) is 10.4. The maximum Gasteiger partial charge on any atom is 0.301 e. The van der Waals surface area contributed by atoms with E-state index in [1.54, 1.807) is 18.2 Å². The van der Waals surface area contributed by atoms with Crippen molar-refractivity contribution < 1.29 is 41.1 Å². The fraction of sp³-hybridized carbons (Fsp3) is 0.326. The molecule has 1 unspecified atom stereocenters. The van der Waals surface area contributed by atoms with Crippen LogP contribution in [0.1, 0.15) is 58.4 Å². The van der Waals surface area contributed by atoms with Gasteiger partial charge in [0, 0.05) is 56.8 Å². The van der Waals surface area contributed by atoms with Gasteiger partial charge in [0.05, 0.1) is 45.8 Å². The van der Waals surface area contributed by atoms with Crippen LogP contribution in [0.3, 0.4) is 0 Å². The average molecular weight is 906 g/mol. The number of benzene rings is 3. The summed E-state index contributed by atoms with van der Waals surface area (Å²) in [7, 11) is -4.26. The predicted molar refractivity (Wildman–Crippen MR) is 227 cm³/mol. The van der Waals surface area contributed by atoms with Crippen LogP contribution in [0.5, 0.6) is 11.5 Å². The lowest BCUT2D eigenvalue weighted by molar-refractivity contribution is -0.136. The number of ether oxygens (including phenoxy) is 1. The second-order valence-electron chi connectivity index (χ2n) is 16.7. The van der Waals surface area contributed by atoms with Crippen LogP contribution in [-0.2, 0) is 19.8 Å². The Morgan fingerprint density at radius 1 is 0.877 bits per heavy atom. The molecular weight excluding hydrogens is 869 g/mol. The lowest BCUT2D eigenvalue weighted by Gasteiger charge is -2.54. The number of aromatic nitrogens is 4. The molecule has 0 saturated carbocycles. The number of hydrogen-bond acceptors (Lipinski definition) is 14. The first-order chi connectivity index (χ1) is 31.2. The minimum Gasteiger partial charge on any atom is -0.453 e. The number of anilines is 3. The first-order valence-electron chi connectivity index (χ1n) is 20.7. The molecule has 1 spiro atoms. The Morgan fingerprint density at radius 2 is 1.63 bits per heavy atom. The molecule has 332 valence electrons. The molecule has 22 heteroatoms. The number of piperidine rings is 2. The van der Waals surface area contributed by atoms with Crippen molar-refractivity contribution in [3.63, 3.8) is 0 Å². The van der Waals surface area contributed by atoms with Crippen molar-refractivity contribution in [3.05, 3.63) is 100 Å². The number of imide groups is 2. The molecule has 0 aliphatic carbocycles. The average Bonchev–Trinajstić information content (AvgIpc) is 3.84. The predicted octanol–water partition coefficient (Wildman–Crippen LogP) is 3.19. The van der Waals surface area contributed by atoms with Gasteiger partial charge in [-0.3, -0.25) is 43.5 Å². The Bertz CT molecular complexity index is 3070. The van der Waals surface area contributed by atoms with E-state index in [-0.39, 0.29) is 65.7 Å². The molecule has 2 atom stereocenters. The summed E-state index contributed by atoms with van der Waals surface area (Å²) in [6, 6.07) is 12.1. The van der Waals surface area contributed by atoms with Crippen LogP contribution in [-0.4, -0.2) is 112 Å². The van der Waals surface area contributed by atoms with E-state index in [0.717, 1.165) is 39.9 Å². The molecule has 10 rings (SSSR count). The highest BCUT2D eigenvalue weighted by molar-refractivity contribution is 7.90. The van der Waals surface area contributed by atoms with Gasteiger partial charge in [0.25, 0.3) is 17.4 Å². The number of hydrogen-bond donors (Lipinski definition) is 2. The van der Waals surface area contributed by atoms with Gasteiger partial charge in [-0.1, -0.05) is 0 Å². The van der Waals surface area contributed by atoms with E-state index < -0.39 is 68.7 Å². The van der Waals surface area contributed by atoms with E-state index in [9.17, 15) is 42.0 Å². The summed E-state index contributed by atoms with van der Waals surface area (Å²) in [6.45, 7) is 2.42. The molecule has 0 radical (unpaired) electrons. The number of fused-ring (bicyclic) bond motifs is 2. The highest BCUT2D eigenvalue weighted by atomic mass is 32.2. The van der Waals surface area contributed by atoms with Crippen molar-refractivity contribution in [2.75, 3.05) is 53.8 Å². The van der Waals surface area contributed by atoms with Gasteiger partial charge in [-0.05, 0) is 74.2 Å². The second-order valence-corrected chi connectivity index (χ2v) is 18.4. The number of carbonyl (C=O) groups is 4. The number of amides is 4. The third kappa shape index (κ3) is 7.35. The Kier molecular flexibility index (Phi) is 10.1. The molecule has 3 aromatic carbocycles. The molecular formula is C43H37F2N11O8S. The van der Waals surface area contributed by atoms with Crippen LogP contribution in [0.4, 0.5) is 26.1 Å². The third-order valence-corrected chi connectivity index (χ3v) is 14.2. The van der Waals surface area contributed by atoms with Gasteiger partial charge >= 0.3 is 10.2 Å². The molecule has 4 amide bonds. The lowest BCUT2D eigenvalue weighted by Crippen LogP contribution is -2.61. The molecule has 65 heavy (non-hydrogen) atoms. The lowest BCUT2D eigenvalue weighted by atomic mass is 9.72. The van der Waals surface area contributed by atoms with Gasteiger partial charge in [0.1, 0.15) is 35.9 Å². The van der Waals surface area contributed by atoms with Crippen molar-refractivity contribution in [1.29, 1.82) is 5.26 Å². The molecule has 19 nitrogen and oxygen atoms in total. The summed E-state index contributed by atoms with van der Waals surface area (Å²) >= 11 is 0. The number of nitrogens with one attached hydrogen (secondary N) is 2. The number of carbonyl (C=O) groups excluding carboxylic acids is 4. The first-order valence-corrected chi connectivity index (χ1v) is 22.2. The van der Waals surface area contributed by atoms with Crippen molar-refractivity contribution >= 4 is 62.1 Å². The number of nitrogens with zero attached hydrogens (tertiary/aromatic N) is 9. The molecule has 7 heterocycles. The van der Waals surface area contributed by atoms with E-state index in [0.29, 0.717) is 43.3 Å². The van der Waals surface area contributed by atoms with Crippen LogP contribution in [0.15, 0.2) is 72.0 Å². The van der Waals surface area contributed by atoms with Crippen LogP contribution < -0.4 is 30.1 Å². The molecule has 5 aromatic rings. The largest absolute Gasteiger partial charge is 0.453 e. The highest BCUT2D eigenvalue weighted by Crippen LogP contribution is 2.43. The van der Waals surface area contributed by atoms with Crippen molar-refractivity contribution in [2.45, 2.75) is 44.3 Å². The zero-order chi connectivity index (χ0) is 45.4. The maximum absolute atomic E-state index is 15.2. The summed E-state index contributed by atoms with van der Waals surface area (Å²) in [5.41, 5.74) is 0.665. The molecule has 2 aromatic heterocycles. The number of halogens is 2. The topological polar surface area (TPSA) is 233 Å². The van der Waals surface area contributed by atoms with Crippen molar-refractivity contribution in [2.24, 2.45) is 5.41 Å². The normalized spacial score (nSPS) is 20.8. The minimum atomic E-state index is -4.26. The van der Waals surface area contributed by atoms with E-state index in [4.69, 9.17) is 4.74 Å². The van der Waals surface area contributed by atoms with Crippen LogP contribution in [0, 0.1) is 22.6 Å². The molecule has 5 aliphatic heterocycles. The van der Waals surface area contributed by atoms with Crippen molar-refractivity contribution in [3.8, 4) is 23.3 Å². The van der Waals surface area contributed by atoms with Gasteiger partial charge in [-0.2, -0.15) is 18.0 Å². The smallest absolute Gasteiger partial charge is 0.301 e. The van der Waals surface area contributed by atoms with Gasteiger partial charge in [0.2, 0.25) is 17.8 Å². The number of nitriles is 1. The SMILES string of the molecule is N#Cc1c(NS(=O)(=O)N2CC[C@@H](F)C2)ccc(F)c1Oc1ccc2ncn(-c3cnc(N4CC5(CCN(c6ccc7c(c6)C(=O)N(C6CCC(=O)NC6=O)C7=O)CC5)C4)nc3)c(=O)c2c1. The zero-order valence-electron chi connectivity index (χ0n) is 34.2. The molecule has 5 aliphatic rings. The summed E-state index contributed by atoms with van der Waals surface area (Å²) in [4.78, 5) is 83.1. The summed E-state index contributed by atoms with van der Waals surface area (Å²) < 4.78 is 64.8. The number of alkyl halides is 1. The monoisotopic (exact) mass is 905 g/mol. The Morgan fingerprint density at radius 3 is 2.34 bits per heavy atom. The standard InChI is InChI=1S/C43H37F2N11O8S/c44-24-9-12-54(20-24)65(62,63)51-34-6-4-32(45)37(31(34)17-46)64-27-2-5-33-30(16-27)39(59)55(23-49-33)26-18-47-42(48-19-26)53-21-43(22-53)10-13-52(14-11-43)25-1-3-28-29(15-25)41(61)56(40(28)60)35-7-8-36(57)50-38(35)58/h1-6,15-16,18-19,23-24,35,51H,7-14,20-22H2,(H,50,57,58)/t24-,35?/m1/s1. The van der Waals surface area contributed by atoms with Gasteiger partial charge in [-0.15, -0.1) is 0 Å². The Balaban J connectivity index is 0.787. The highest BCUT2D eigenvalue weighted by Gasteiger charge is 2.47. The first kappa shape index (κ1) is 41.6. The molecule has 4 fully saturated rings. The van der Waals surface area contributed by atoms with Gasteiger partial charge < -0.3 is 14.5 Å². The van der Waals surface area contributed by atoms with Gasteiger partial charge in [-0.25, -0.2) is 23.7 Å². The fourth-order valence-electron chi connectivity index (χ4n) is 9.15. The Hall–Kier alpha value is -7.38. The van der Waals surface area contributed by atoms with E-state index in [1.165, 1.54) is 41.5 Å². The summed E-state index contributed by atoms with van der Waals surface area (Å²) in [5.74, 6) is -3.28. The van der Waals surface area contributed by atoms with Crippen LogP contribution >= 0.6 is 0 Å². The van der Waals surface area contributed by atoms with Crippen molar-refractivity contribution in [1.82, 2.24) is 34.0 Å². The van der Waals surface area contributed by atoms with E-state index in [1.807, 2.05) is 11.0 Å². The molecule has 0 bridgehead atoms. The molecule has 2 N–H and O–H groups in total. The number of rotatable bonds is 9. The molecule has 4 saturated heterocycles. The maximum atomic E-state index is 15.2. The Labute approximate surface area is 368 Å². The summed E-state index contributed by atoms with van der Waals surface area (Å²) in [6.07, 6.45) is 4.88. The van der Waals surface area contributed by atoms with Gasteiger partial charge in [0.15, 0.2) is 11.6 Å². The minimum absolute atomic E-state index is 0.0168. The quantitative estimate of drug-likeness (QED) is 0.202. The summed E-state index contributed by atoms with van der Waals surface area (Å²) in [5, 5.41) is 12.2.